The second-order valence-corrected chi connectivity index (χ2v) is 3.89. The summed E-state index contributed by atoms with van der Waals surface area (Å²) in [4.78, 5) is 15.7. The van der Waals surface area contributed by atoms with Gasteiger partial charge in [-0.25, -0.2) is 4.98 Å². The van der Waals surface area contributed by atoms with Crippen molar-refractivity contribution in [2.75, 3.05) is 5.32 Å². The first-order valence-corrected chi connectivity index (χ1v) is 5.66. The van der Waals surface area contributed by atoms with E-state index in [9.17, 15) is 4.79 Å². The summed E-state index contributed by atoms with van der Waals surface area (Å²) in [5.41, 5.74) is 1.54. The molecule has 16 heavy (non-hydrogen) atoms. The van der Waals surface area contributed by atoms with Crippen LogP contribution in [0.1, 0.15) is 29.8 Å². The molecule has 84 valence electrons. The number of carbonyl (C=O) groups excluding carboxylic acids is 1. The van der Waals surface area contributed by atoms with E-state index in [1.54, 1.807) is 0 Å². The highest BCUT2D eigenvalue weighted by atomic mass is 32.1. The van der Waals surface area contributed by atoms with Crippen LogP contribution in [0.4, 0.5) is 5.13 Å². The molecule has 2 heterocycles. The highest BCUT2D eigenvalue weighted by Crippen LogP contribution is 2.09. The molecule has 2 rings (SSSR count). The lowest BCUT2D eigenvalue weighted by molar-refractivity contribution is 0.101. The van der Waals surface area contributed by atoms with Gasteiger partial charge in [-0.3, -0.25) is 15.2 Å². The van der Waals surface area contributed by atoms with Crippen molar-refractivity contribution < 1.29 is 4.79 Å². The van der Waals surface area contributed by atoms with Crippen LogP contribution in [0.3, 0.4) is 0 Å². The quantitative estimate of drug-likeness (QED) is 0.823. The van der Waals surface area contributed by atoms with Gasteiger partial charge in [-0.1, -0.05) is 18.3 Å². The molecule has 0 saturated carbocycles. The van der Waals surface area contributed by atoms with Crippen molar-refractivity contribution >= 4 is 22.4 Å². The Balaban J connectivity index is 2.03. The van der Waals surface area contributed by atoms with Crippen molar-refractivity contribution in [3.63, 3.8) is 0 Å². The molecule has 0 aromatic carbocycles. The molecule has 0 aliphatic heterocycles. The highest BCUT2D eigenvalue weighted by molar-refractivity contribution is 7.13. The number of amides is 1. The van der Waals surface area contributed by atoms with Gasteiger partial charge in [0.25, 0.3) is 5.91 Å². The van der Waals surface area contributed by atoms with Crippen molar-refractivity contribution in [2.45, 2.75) is 19.8 Å². The van der Waals surface area contributed by atoms with Crippen molar-refractivity contribution in [1.82, 2.24) is 25.4 Å². The third-order valence-electron chi connectivity index (χ3n) is 1.80. The van der Waals surface area contributed by atoms with Crippen molar-refractivity contribution in [3.8, 4) is 0 Å². The van der Waals surface area contributed by atoms with Gasteiger partial charge in [0.05, 0.1) is 0 Å². The van der Waals surface area contributed by atoms with E-state index in [1.807, 2.05) is 6.92 Å². The summed E-state index contributed by atoms with van der Waals surface area (Å²) in [7, 11) is 0. The lowest BCUT2D eigenvalue weighted by Crippen LogP contribution is -2.13. The number of anilines is 1. The summed E-state index contributed by atoms with van der Waals surface area (Å²) >= 11 is 1.24. The molecule has 7 nitrogen and oxygen atoms in total. The minimum atomic E-state index is -0.379. The Morgan fingerprint density at radius 3 is 3.19 bits per heavy atom. The van der Waals surface area contributed by atoms with E-state index in [4.69, 9.17) is 0 Å². The number of H-pyrrole nitrogens is 1. The molecule has 0 fully saturated rings. The summed E-state index contributed by atoms with van der Waals surface area (Å²) in [5, 5.41) is 16.8. The number of hydrogen-bond acceptors (Lipinski definition) is 6. The highest BCUT2D eigenvalue weighted by Gasteiger charge is 2.13. The minimum Gasteiger partial charge on any atom is -0.294 e. The molecule has 0 aliphatic carbocycles. The van der Waals surface area contributed by atoms with Crippen LogP contribution in [0, 0.1) is 0 Å². The molecule has 2 N–H and O–H groups in total. The van der Waals surface area contributed by atoms with E-state index in [0.29, 0.717) is 11.0 Å². The molecule has 0 aliphatic rings. The molecule has 1 amide bonds. The number of aromatic nitrogens is 5. The fourth-order valence-corrected chi connectivity index (χ4v) is 1.57. The van der Waals surface area contributed by atoms with E-state index < -0.39 is 0 Å². The number of nitrogens with zero attached hydrogens (tertiary/aromatic N) is 4. The van der Waals surface area contributed by atoms with Crippen molar-refractivity contribution in [1.29, 1.82) is 0 Å². The van der Waals surface area contributed by atoms with Crippen LogP contribution in [0.5, 0.6) is 0 Å². The van der Waals surface area contributed by atoms with Crippen molar-refractivity contribution in [2.24, 2.45) is 0 Å². The van der Waals surface area contributed by atoms with E-state index in [2.05, 4.69) is 30.7 Å². The Labute approximate surface area is 95.3 Å². The van der Waals surface area contributed by atoms with Crippen molar-refractivity contribution in [3.05, 3.63) is 17.2 Å². The molecule has 8 heteroatoms. The number of hydrogen-bond donors (Lipinski definition) is 2. The fourth-order valence-electron chi connectivity index (χ4n) is 1.13. The van der Waals surface area contributed by atoms with Gasteiger partial charge in [0.2, 0.25) is 11.0 Å². The molecule has 2 aromatic heterocycles. The zero-order valence-electron chi connectivity index (χ0n) is 8.60. The van der Waals surface area contributed by atoms with Crippen LogP contribution < -0.4 is 5.32 Å². The van der Waals surface area contributed by atoms with Gasteiger partial charge in [-0.15, -0.1) is 15.3 Å². The fraction of sp³-hybridized carbons (Fsp3) is 0.375. The third-order valence-corrected chi connectivity index (χ3v) is 2.41. The Morgan fingerprint density at radius 1 is 1.62 bits per heavy atom. The topological polar surface area (TPSA) is 96.5 Å². The molecule has 0 saturated heterocycles. The summed E-state index contributed by atoms with van der Waals surface area (Å²) in [6.07, 6.45) is 1.73. The maximum Gasteiger partial charge on any atom is 0.297 e. The van der Waals surface area contributed by atoms with Crippen LogP contribution in [-0.2, 0) is 6.42 Å². The van der Waals surface area contributed by atoms with Gasteiger partial charge in [0.1, 0.15) is 11.3 Å². The summed E-state index contributed by atoms with van der Waals surface area (Å²) in [6, 6.07) is 0. The molecule has 0 bridgehead atoms. The van der Waals surface area contributed by atoms with Gasteiger partial charge >= 0.3 is 0 Å². The van der Waals surface area contributed by atoms with Crippen LogP contribution in [0.15, 0.2) is 5.51 Å². The SMILES string of the molecule is CCCc1nc(C(=O)Nc2nncs2)n[nH]1. The number of aryl methyl sites for hydroxylation is 1. The molecule has 0 atom stereocenters. The second kappa shape index (κ2) is 4.79. The number of nitrogens with one attached hydrogen (secondary N) is 2. The number of aromatic amines is 1. The lowest BCUT2D eigenvalue weighted by Gasteiger charge is -1.94. The van der Waals surface area contributed by atoms with Gasteiger partial charge in [0, 0.05) is 6.42 Å². The molecular weight excluding hydrogens is 228 g/mol. The predicted molar refractivity (Wildman–Crippen MR) is 58.2 cm³/mol. The van der Waals surface area contributed by atoms with Crippen LogP contribution in [-0.4, -0.2) is 31.3 Å². The van der Waals surface area contributed by atoms with Gasteiger partial charge in [-0.2, -0.15) is 0 Å². The standard InChI is InChI=1S/C8H10N6OS/c1-2-3-5-10-6(13-12-5)7(15)11-8-14-9-4-16-8/h4H,2-3H2,1H3,(H,10,12,13)(H,11,14,15). The Kier molecular flexibility index (Phi) is 3.20. The zero-order valence-corrected chi connectivity index (χ0v) is 9.41. The largest absolute Gasteiger partial charge is 0.297 e. The smallest absolute Gasteiger partial charge is 0.294 e. The minimum absolute atomic E-state index is 0.124. The Bertz CT molecular complexity index is 465. The van der Waals surface area contributed by atoms with E-state index in [1.165, 1.54) is 16.8 Å². The number of rotatable bonds is 4. The Morgan fingerprint density at radius 2 is 2.50 bits per heavy atom. The maximum absolute atomic E-state index is 11.6. The van der Waals surface area contributed by atoms with Gasteiger partial charge < -0.3 is 0 Å². The average Bonchev–Trinajstić information content (AvgIpc) is 2.89. The number of carbonyl (C=O) groups is 1. The van der Waals surface area contributed by atoms with Gasteiger partial charge in [0.15, 0.2) is 0 Å². The maximum atomic E-state index is 11.6. The lowest BCUT2D eigenvalue weighted by atomic mass is 10.3. The molecule has 0 unspecified atom stereocenters. The molecular formula is C8H10N6OS. The second-order valence-electron chi connectivity index (χ2n) is 3.05. The normalized spacial score (nSPS) is 10.3. The monoisotopic (exact) mass is 238 g/mol. The first kappa shape index (κ1) is 10.7. The van der Waals surface area contributed by atoms with E-state index in [0.717, 1.165) is 12.8 Å². The zero-order chi connectivity index (χ0) is 11.4. The summed E-state index contributed by atoms with van der Waals surface area (Å²) < 4.78 is 0. The average molecular weight is 238 g/mol. The first-order chi connectivity index (χ1) is 7.79. The molecule has 0 radical (unpaired) electrons. The van der Waals surface area contributed by atoms with Crippen LogP contribution in [0.2, 0.25) is 0 Å². The van der Waals surface area contributed by atoms with E-state index in [-0.39, 0.29) is 11.7 Å². The summed E-state index contributed by atoms with van der Waals surface area (Å²) in [5.74, 6) is 0.457. The predicted octanol–water partition coefficient (Wildman–Crippen LogP) is 0.861. The third kappa shape index (κ3) is 2.40. The summed E-state index contributed by atoms with van der Waals surface area (Å²) in [6.45, 7) is 2.03. The van der Waals surface area contributed by atoms with Crippen LogP contribution >= 0.6 is 11.3 Å². The van der Waals surface area contributed by atoms with E-state index >= 15 is 0 Å². The van der Waals surface area contributed by atoms with Gasteiger partial charge in [-0.05, 0) is 6.42 Å². The molecule has 2 aromatic rings. The van der Waals surface area contributed by atoms with Crippen LogP contribution in [0.25, 0.3) is 0 Å². The Hall–Kier alpha value is -1.83. The molecule has 0 spiro atoms. The first-order valence-electron chi connectivity index (χ1n) is 4.78.